The molecule has 3 N–H and O–H groups in total. The van der Waals surface area contributed by atoms with Crippen molar-refractivity contribution < 1.29 is 27.5 Å². The van der Waals surface area contributed by atoms with E-state index in [1.54, 1.807) is 43.0 Å². The van der Waals surface area contributed by atoms with Crippen molar-refractivity contribution in [2.24, 2.45) is 0 Å². The first kappa shape index (κ1) is 34.0. The molecule has 0 fully saturated rings. The zero-order valence-corrected chi connectivity index (χ0v) is 26.8. The van der Waals surface area contributed by atoms with Crippen LogP contribution in [0.5, 0.6) is 0 Å². The molecule has 0 atom stereocenters. The number of carbonyl (C=O) groups is 2. The van der Waals surface area contributed by atoms with Gasteiger partial charge in [0.15, 0.2) is 0 Å². The van der Waals surface area contributed by atoms with Gasteiger partial charge in [-0.2, -0.15) is 23.4 Å². The average Bonchev–Trinajstić information content (AvgIpc) is 2.94. The standard InChI is InChI=1S/C32H37F3N8O3/c1-29(2,3)46-28(45)43-14-13-19-15-20(11-12-22(19)31(43,6)7)39-27-37-16-21(26(44)38-18-32(33,34)35)25(42-27)41-24-10-8-9-23(40-24)30(4,5)17-36/h8-12,15-16H,13-14,18H2,1-7H3,(H,38,44)(H2,37,39,40,41,42). The topological polar surface area (TPSA) is 145 Å². The molecular formula is C32H37F3N8O3. The molecule has 14 heteroatoms. The van der Waals surface area contributed by atoms with Crippen LogP contribution in [0.3, 0.4) is 0 Å². The Bertz CT molecular complexity index is 1680. The minimum atomic E-state index is -4.62. The number of nitriles is 1. The zero-order chi connectivity index (χ0) is 34.1. The Balaban J connectivity index is 1.63. The van der Waals surface area contributed by atoms with Crippen molar-refractivity contribution >= 4 is 35.3 Å². The van der Waals surface area contributed by atoms with E-state index in [2.05, 4.69) is 31.7 Å². The maximum Gasteiger partial charge on any atom is 0.411 e. The van der Waals surface area contributed by atoms with Gasteiger partial charge in [-0.3, -0.25) is 9.69 Å². The summed E-state index contributed by atoms with van der Waals surface area (Å²) in [5.74, 6) is -0.844. The van der Waals surface area contributed by atoms with Gasteiger partial charge in [-0.05, 0) is 90.3 Å². The van der Waals surface area contributed by atoms with Crippen LogP contribution in [-0.4, -0.2) is 56.7 Å². The minimum Gasteiger partial charge on any atom is -0.444 e. The number of amides is 2. The molecule has 1 aromatic carbocycles. The monoisotopic (exact) mass is 638 g/mol. The van der Waals surface area contributed by atoms with Gasteiger partial charge < -0.3 is 20.7 Å². The number of halogens is 3. The fourth-order valence-corrected chi connectivity index (χ4v) is 4.91. The van der Waals surface area contributed by atoms with Crippen molar-refractivity contribution in [3.05, 3.63) is 65.0 Å². The molecule has 4 rings (SSSR count). The normalized spacial score (nSPS) is 14.5. The van der Waals surface area contributed by atoms with Crippen LogP contribution in [0.2, 0.25) is 0 Å². The Labute approximate surface area is 265 Å². The van der Waals surface area contributed by atoms with Gasteiger partial charge >= 0.3 is 12.3 Å². The maximum absolute atomic E-state index is 12.9. The summed E-state index contributed by atoms with van der Waals surface area (Å²) in [7, 11) is 0. The van der Waals surface area contributed by atoms with E-state index in [1.807, 2.05) is 52.1 Å². The summed E-state index contributed by atoms with van der Waals surface area (Å²) in [6, 6.07) is 12.7. The first-order chi connectivity index (χ1) is 21.3. The van der Waals surface area contributed by atoms with Crippen molar-refractivity contribution in [1.29, 1.82) is 5.26 Å². The molecule has 0 unspecified atom stereocenters. The molecule has 3 aromatic rings. The lowest BCUT2D eigenvalue weighted by atomic mass is 9.83. The van der Waals surface area contributed by atoms with E-state index < -0.39 is 41.3 Å². The molecule has 2 aromatic heterocycles. The van der Waals surface area contributed by atoms with Crippen molar-refractivity contribution in [2.45, 2.75) is 77.6 Å². The number of pyridine rings is 1. The summed E-state index contributed by atoms with van der Waals surface area (Å²) in [6.45, 7) is 11.7. The summed E-state index contributed by atoms with van der Waals surface area (Å²) in [5, 5.41) is 17.4. The molecule has 0 aliphatic carbocycles. The Morgan fingerprint density at radius 1 is 1.07 bits per heavy atom. The van der Waals surface area contributed by atoms with E-state index in [0.717, 1.165) is 17.3 Å². The van der Waals surface area contributed by atoms with Crippen molar-refractivity contribution in [2.75, 3.05) is 23.7 Å². The number of ether oxygens (including phenoxy) is 1. The summed E-state index contributed by atoms with van der Waals surface area (Å²) >= 11 is 0. The lowest BCUT2D eigenvalue weighted by Crippen LogP contribution is -2.51. The molecule has 0 saturated carbocycles. The number of hydrogen-bond donors (Lipinski definition) is 3. The van der Waals surface area contributed by atoms with Gasteiger partial charge in [0.1, 0.15) is 29.3 Å². The van der Waals surface area contributed by atoms with E-state index in [1.165, 1.54) is 0 Å². The van der Waals surface area contributed by atoms with Gasteiger partial charge in [0.25, 0.3) is 5.91 Å². The first-order valence-corrected chi connectivity index (χ1v) is 14.6. The molecule has 1 aliphatic rings. The van der Waals surface area contributed by atoms with Crippen LogP contribution in [0.25, 0.3) is 0 Å². The number of alkyl halides is 3. The smallest absolute Gasteiger partial charge is 0.411 e. The molecule has 0 saturated heterocycles. The molecule has 0 spiro atoms. The number of anilines is 4. The predicted octanol–water partition coefficient (Wildman–Crippen LogP) is 6.48. The number of benzene rings is 1. The summed E-state index contributed by atoms with van der Waals surface area (Å²) in [6.07, 6.45) is -3.32. The maximum atomic E-state index is 12.9. The molecule has 11 nitrogen and oxygen atoms in total. The molecule has 244 valence electrons. The molecular weight excluding hydrogens is 601 g/mol. The molecule has 0 radical (unpaired) electrons. The molecule has 1 aliphatic heterocycles. The highest BCUT2D eigenvalue weighted by Gasteiger charge is 2.39. The van der Waals surface area contributed by atoms with Gasteiger partial charge in [-0.15, -0.1) is 0 Å². The fraction of sp³-hybridized carbons (Fsp3) is 0.438. The van der Waals surface area contributed by atoms with Gasteiger partial charge in [0.05, 0.1) is 22.7 Å². The molecule has 0 bridgehead atoms. The molecule has 2 amide bonds. The third-order valence-corrected chi connectivity index (χ3v) is 7.31. The highest BCUT2D eigenvalue weighted by Crippen LogP contribution is 2.37. The number of aromatic nitrogens is 3. The number of carbonyl (C=O) groups excluding carboxylic acids is 2. The SMILES string of the molecule is CC(C)(C)OC(=O)N1CCc2cc(Nc3ncc(C(=O)NCC(F)(F)F)c(Nc4cccc(C(C)(C)C#N)n4)n3)ccc2C1(C)C. The third kappa shape index (κ3) is 8.01. The lowest BCUT2D eigenvalue weighted by Gasteiger charge is -2.44. The number of nitrogens with zero attached hydrogens (tertiary/aromatic N) is 5. The largest absolute Gasteiger partial charge is 0.444 e. The van der Waals surface area contributed by atoms with Crippen molar-refractivity contribution in [3.8, 4) is 6.07 Å². The van der Waals surface area contributed by atoms with E-state index >= 15 is 0 Å². The number of hydrogen-bond acceptors (Lipinski definition) is 9. The Hall–Kier alpha value is -4.93. The summed E-state index contributed by atoms with van der Waals surface area (Å²) < 4.78 is 44.1. The van der Waals surface area contributed by atoms with E-state index in [4.69, 9.17) is 4.74 Å². The van der Waals surface area contributed by atoms with E-state index in [-0.39, 0.29) is 23.1 Å². The van der Waals surface area contributed by atoms with Crippen LogP contribution >= 0.6 is 0 Å². The number of rotatable bonds is 7. The van der Waals surface area contributed by atoms with Crippen LogP contribution in [0.4, 0.5) is 41.2 Å². The van der Waals surface area contributed by atoms with Gasteiger partial charge in [0, 0.05) is 18.4 Å². The fourth-order valence-electron chi connectivity index (χ4n) is 4.91. The Morgan fingerprint density at radius 3 is 2.43 bits per heavy atom. The molecule has 3 heterocycles. The van der Waals surface area contributed by atoms with Crippen LogP contribution in [0.15, 0.2) is 42.6 Å². The first-order valence-electron chi connectivity index (χ1n) is 14.6. The second-order valence-corrected chi connectivity index (χ2v) is 13.0. The number of fused-ring (bicyclic) bond motifs is 1. The minimum absolute atomic E-state index is 0.0637. The summed E-state index contributed by atoms with van der Waals surface area (Å²) in [5.41, 5.74) is 0.572. The van der Waals surface area contributed by atoms with Crippen LogP contribution in [0, 0.1) is 11.3 Å². The van der Waals surface area contributed by atoms with Crippen molar-refractivity contribution in [3.63, 3.8) is 0 Å². The third-order valence-electron chi connectivity index (χ3n) is 7.31. The Kier molecular flexibility index (Phi) is 9.20. The second kappa shape index (κ2) is 12.5. The van der Waals surface area contributed by atoms with Gasteiger partial charge in [-0.1, -0.05) is 12.1 Å². The highest BCUT2D eigenvalue weighted by molar-refractivity contribution is 5.99. The van der Waals surface area contributed by atoms with Crippen LogP contribution < -0.4 is 16.0 Å². The quantitative estimate of drug-likeness (QED) is 0.265. The highest BCUT2D eigenvalue weighted by atomic mass is 19.4. The lowest BCUT2D eigenvalue weighted by molar-refractivity contribution is -0.123. The van der Waals surface area contributed by atoms with E-state index in [9.17, 15) is 28.0 Å². The number of nitrogens with one attached hydrogen (secondary N) is 3. The van der Waals surface area contributed by atoms with Crippen molar-refractivity contribution in [1.82, 2.24) is 25.2 Å². The summed E-state index contributed by atoms with van der Waals surface area (Å²) in [4.78, 5) is 40.4. The van der Waals surface area contributed by atoms with Crippen LogP contribution in [0.1, 0.15) is 75.6 Å². The molecule has 46 heavy (non-hydrogen) atoms. The zero-order valence-electron chi connectivity index (χ0n) is 26.8. The average molecular weight is 639 g/mol. The predicted molar refractivity (Wildman–Crippen MR) is 166 cm³/mol. The second-order valence-electron chi connectivity index (χ2n) is 13.0. The van der Waals surface area contributed by atoms with Gasteiger partial charge in [0.2, 0.25) is 5.95 Å². The van der Waals surface area contributed by atoms with Crippen LogP contribution in [-0.2, 0) is 22.1 Å². The van der Waals surface area contributed by atoms with E-state index in [0.29, 0.717) is 24.3 Å². The van der Waals surface area contributed by atoms with Gasteiger partial charge in [-0.25, -0.2) is 14.8 Å². The Morgan fingerprint density at radius 2 is 1.78 bits per heavy atom.